The van der Waals surface area contributed by atoms with Gasteiger partial charge >= 0.3 is 0 Å². The van der Waals surface area contributed by atoms with Crippen LogP contribution in [0.4, 0.5) is 5.69 Å². The SMILES string of the molecule is CC(CC1CCCCN1)Nc1ccccc1CO. The van der Waals surface area contributed by atoms with Gasteiger partial charge in [0, 0.05) is 23.3 Å². The third-order valence-electron chi connectivity index (χ3n) is 3.64. The Hall–Kier alpha value is -1.06. The number of piperidine rings is 1. The van der Waals surface area contributed by atoms with Crippen molar-refractivity contribution in [2.24, 2.45) is 0 Å². The zero-order valence-electron chi connectivity index (χ0n) is 11.2. The van der Waals surface area contributed by atoms with Crippen molar-refractivity contribution in [3.05, 3.63) is 29.8 Å². The molecule has 0 bridgehead atoms. The van der Waals surface area contributed by atoms with E-state index in [0.29, 0.717) is 12.1 Å². The van der Waals surface area contributed by atoms with Crippen LogP contribution in [0.25, 0.3) is 0 Å². The second kappa shape index (κ2) is 6.76. The third kappa shape index (κ3) is 3.72. The minimum Gasteiger partial charge on any atom is -0.392 e. The summed E-state index contributed by atoms with van der Waals surface area (Å²) in [6.07, 6.45) is 5.08. The molecule has 3 N–H and O–H groups in total. The smallest absolute Gasteiger partial charge is 0.0701 e. The van der Waals surface area contributed by atoms with Crippen molar-refractivity contribution in [2.45, 2.75) is 51.3 Å². The van der Waals surface area contributed by atoms with Crippen molar-refractivity contribution >= 4 is 5.69 Å². The summed E-state index contributed by atoms with van der Waals surface area (Å²) in [5.74, 6) is 0. The highest BCUT2D eigenvalue weighted by Gasteiger charge is 2.16. The standard InChI is InChI=1S/C15H24N2O/c1-12(10-14-7-4-5-9-16-14)17-15-8-3-2-6-13(15)11-18/h2-3,6,8,12,14,16-18H,4-5,7,9-11H2,1H3. The van der Waals surface area contributed by atoms with E-state index < -0.39 is 0 Å². The van der Waals surface area contributed by atoms with E-state index in [4.69, 9.17) is 0 Å². The maximum absolute atomic E-state index is 9.30. The molecule has 0 aliphatic carbocycles. The minimum atomic E-state index is 0.0948. The molecule has 1 saturated heterocycles. The maximum atomic E-state index is 9.30. The lowest BCUT2D eigenvalue weighted by molar-refractivity contribution is 0.282. The molecule has 0 radical (unpaired) electrons. The second-order valence-electron chi connectivity index (χ2n) is 5.24. The summed E-state index contributed by atoms with van der Waals surface area (Å²) in [6, 6.07) is 9.04. The number of rotatable bonds is 5. The number of benzene rings is 1. The van der Waals surface area contributed by atoms with Crippen LogP contribution in [0.5, 0.6) is 0 Å². The Labute approximate surface area is 110 Å². The molecule has 1 aromatic rings. The highest BCUT2D eigenvalue weighted by atomic mass is 16.3. The van der Waals surface area contributed by atoms with Crippen LogP contribution in [0.3, 0.4) is 0 Å². The van der Waals surface area contributed by atoms with Crippen LogP contribution in [0.2, 0.25) is 0 Å². The number of aliphatic hydroxyl groups excluding tert-OH is 1. The maximum Gasteiger partial charge on any atom is 0.0701 e. The van der Waals surface area contributed by atoms with Gasteiger partial charge in [-0.3, -0.25) is 0 Å². The predicted octanol–water partition coefficient (Wildman–Crippen LogP) is 2.51. The quantitative estimate of drug-likeness (QED) is 0.750. The molecule has 3 heteroatoms. The first-order chi connectivity index (χ1) is 8.79. The number of hydrogen-bond acceptors (Lipinski definition) is 3. The molecule has 0 amide bonds. The summed E-state index contributed by atoms with van der Waals surface area (Å²) >= 11 is 0. The van der Waals surface area contributed by atoms with E-state index in [1.165, 1.54) is 19.3 Å². The van der Waals surface area contributed by atoms with Gasteiger partial charge in [0.1, 0.15) is 0 Å². The molecule has 1 aromatic carbocycles. The van der Waals surface area contributed by atoms with Gasteiger partial charge in [-0.15, -0.1) is 0 Å². The summed E-state index contributed by atoms with van der Waals surface area (Å²) in [5.41, 5.74) is 2.03. The first-order valence-electron chi connectivity index (χ1n) is 6.98. The lowest BCUT2D eigenvalue weighted by Gasteiger charge is -2.27. The van der Waals surface area contributed by atoms with Crippen molar-refractivity contribution in [3.63, 3.8) is 0 Å². The average molecular weight is 248 g/mol. The summed E-state index contributed by atoms with van der Waals surface area (Å²) < 4.78 is 0. The fourth-order valence-corrected chi connectivity index (χ4v) is 2.68. The number of nitrogens with one attached hydrogen (secondary N) is 2. The van der Waals surface area contributed by atoms with Gasteiger partial charge in [-0.05, 0) is 38.8 Å². The molecule has 0 saturated carbocycles. The van der Waals surface area contributed by atoms with Crippen molar-refractivity contribution in [3.8, 4) is 0 Å². The predicted molar refractivity (Wildman–Crippen MR) is 75.7 cm³/mol. The van der Waals surface area contributed by atoms with E-state index in [2.05, 4.69) is 17.6 Å². The second-order valence-corrected chi connectivity index (χ2v) is 5.24. The number of hydrogen-bond donors (Lipinski definition) is 3. The molecule has 2 atom stereocenters. The Balaban J connectivity index is 1.87. The van der Waals surface area contributed by atoms with Crippen LogP contribution in [-0.2, 0) is 6.61 Å². The molecule has 1 fully saturated rings. The van der Waals surface area contributed by atoms with Crippen molar-refractivity contribution < 1.29 is 5.11 Å². The van der Waals surface area contributed by atoms with Gasteiger partial charge < -0.3 is 15.7 Å². The van der Waals surface area contributed by atoms with E-state index in [1.807, 2.05) is 24.3 Å². The van der Waals surface area contributed by atoms with Crippen LogP contribution in [0, 0.1) is 0 Å². The Kier molecular flexibility index (Phi) is 5.02. The largest absolute Gasteiger partial charge is 0.392 e. The third-order valence-corrected chi connectivity index (χ3v) is 3.64. The van der Waals surface area contributed by atoms with Crippen molar-refractivity contribution in [2.75, 3.05) is 11.9 Å². The molecule has 0 aromatic heterocycles. The fourth-order valence-electron chi connectivity index (χ4n) is 2.68. The molecule has 1 aliphatic rings. The number of anilines is 1. The monoisotopic (exact) mass is 248 g/mol. The Morgan fingerprint density at radius 3 is 2.94 bits per heavy atom. The van der Waals surface area contributed by atoms with E-state index >= 15 is 0 Å². The summed E-state index contributed by atoms with van der Waals surface area (Å²) in [4.78, 5) is 0. The van der Waals surface area contributed by atoms with Crippen LogP contribution in [0.1, 0.15) is 38.2 Å². The highest BCUT2D eigenvalue weighted by Crippen LogP contribution is 2.19. The van der Waals surface area contributed by atoms with Gasteiger partial charge in [0.05, 0.1) is 6.61 Å². The topological polar surface area (TPSA) is 44.3 Å². The number of aliphatic hydroxyl groups is 1. The first-order valence-corrected chi connectivity index (χ1v) is 6.98. The average Bonchev–Trinajstić information content (AvgIpc) is 2.40. The van der Waals surface area contributed by atoms with Gasteiger partial charge in [-0.2, -0.15) is 0 Å². The molecule has 0 spiro atoms. The molecule has 2 unspecified atom stereocenters. The van der Waals surface area contributed by atoms with Crippen LogP contribution < -0.4 is 10.6 Å². The molecule has 1 aliphatic heterocycles. The molecule has 2 rings (SSSR count). The summed E-state index contributed by atoms with van der Waals surface area (Å²) in [5, 5.41) is 16.4. The Morgan fingerprint density at radius 1 is 1.39 bits per heavy atom. The van der Waals surface area contributed by atoms with Crippen LogP contribution >= 0.6 is 0 Å². The van der Waals surface area contributed by atoms with E-state index in [9.17, 15) is 5.11 Å². The highest BCUT2D eigenvalue weighted by molar-refractivity contribution is 5.51. The summed E-state index contributed by atoms with van der Waals surface area (Å²) in [6.45, 7) is 3.46. The zero-order valence-corrected chi connectivity index (χ0v) is 11.2. The van der Waals surface area contributed by atoms with Crippen LogP contribution in [-0.4, -0.2) is 23.7 Å². The molecule has 100 valence electrons. The zero-order chi connectivity index (χ0) is 12.8. The van der Waals surface area contributed by atoms with E-state index in [1.54, 1.807) is 0 Å². The van der Waals surface area contributed by atoms with Gasteiger partial charge in [0.15, 0.2) is 0 Å². The van der Waals surface area contributed by atoms with E-state index in [-0.39, 0.29) is 6.61 Å². The Bertz CT molecular complexity index is 361. The Morgan fingerprint density at radius 2 is 2.22 bits per heavy atom. The molecular weight excluding hydrogens is 224 g/mol. The lowest BCUT2D eigenvalue weighted by atomic mass is 9.98. The minimum absolute atomic E-state index is 0.0948. The normalized spacial score (nSPS) is 21.6. The van der Waals surface area contributed by atoms with Gasteiger partial charge in [-0.1, -0.05) is 24.6 Å². The van der Waals surface area contributed by atoms with E-state index in [0.717, 1.165) is 24.2 Å². The van der Waals surface area contributed by atoms with Gasteiger partial charge in [-0.25, -0.2) is 0 Å². The molecule has 1 heterocycles. The van der Waals surface area contributed by atoms with Gasteiger partial charge in [0.2, 0.25) is 0 Å². The fraction of sp³-hybridized carbons (Fsp3) is 0.600. The molecule has 18 heavy (non-hydrogen) atoms. The number of para-hydroxylation sites is 1. The summed E-state index contributed by atoms with van der Waals surface area (Å²) in [7, 11) is 0. The van der Waals surface area contributed by atoms with Crippen molar-refractivity contribution in [1.29, 1.82) is 0 Å². The lowest BCUT2D eigenvalue weighted by Crippen LogP contribution is -2.37. The van der Waals surface area contributed by atoms with Crippen LogP contribution in [0.15, 0.2) is 24.3 Å². The van der Waals surface area contributed by atoms with Crippen molar-refractivity contribution in [1.82, 2.24) is 5.32 Å². The molecular formula is C15H24N2O. The van der Waals surface area contributed by atoms with Gasteiger partial charge in [0.25, 0.3) is 0 Å². The molecule has 3 nitrogen and oxygen atoms in total. The first kappa shape index (κ1) is 13.4.